The summed E-state index contributed by atoms with van der Waals surface area (Å²) in [5.74, 6) is -0.0975. The summed E-state index contributed by atoms with van der Waals surface area (Å²) in [7, 11) is 3.76. The van der Waals surface area contributed by atoms with Crippen molar-refractivity contribution in [2.45, 2.75) is 0 Å². The van der Waals surface area contributed by atoms with Gasteiger partial charge in [0.15, 0.2) is 10.3 Å². The fourth-order valence-electron chi connectivity index (χ4n) is 0.721. The molecule has 0 bridgehead atoms. The Bertz CT molecular complexity index is 392. The smallest absolute Gasteiger partial charge is 0.211 e. The minimum absolute atomic E-state index is 0.0975. The molecule has 0 amide bonds. The molecule has 1 rings (SSSR count). The van der Waals surface area contributed by atoms with Gasteiger partial charge in [-0.3, -0.25) is 0 Å². The number of rotatable bonds is 3. The first-order chi connectivity index (χ1) is 7.00. The maximum Gasteiger partial charge on any atom is 0.211 e. The minimum Gasteiger partial charge on any atom is -0.369 e. The molecule has 8 heteroatoms. The average molecular weight is 247 g/mol. The van der Waals surface area contributed by atoms with Crippen LogP contribution in [0.5, 0.6) is 0 Å². The zero-order valence-corrected chi connectivity index (χ0v) is 9.88. The Morgan fingerprint density at radius 2 is 2.20 bits per heavy atom. The Morgan fingerprint density at radius 3 is 2.67 bits per heavy atom. The molecule has 0 saturated heterocycles. The number of guanidine groups is 1. The fourth-order valence-corrected chi connectivity index (χ4v) is 1.76. The molecular formula is C7H11ClN6S. The Labute approximate surface area is 96.3 Å². The first-order valence-corrected chi connectivity index (χ1v) is 5.15. The Morgan fingerprint density at radius 1 is 1.53 bits per heavy atom. The van der Waals surface area contributed by atoms with E-state index in [-0.39, 0.29) is 5.96 Å². The lowest BCUT2D eigenvalue weighted by molar-refractivity contribution is 1.10. The highest BCUT2D eigenvalue weighted by Crippen LogP contribution is 2.26. The van der Waals surface area contributed by atoms with Gasteiger partial charge >= 0.3 is 0 Å². The van der Waals surface area contributed by atoms with Crippen molar-refractivity contribution in [3.8, 4) is 0 Å². The van der Waals surface area contributed by atoms with Crippen LogP contribution in [0.2, 0.25) is 5.15 Å². The molecule has 1 aromatic heterocycles. The first kappa shape index (κ1) is 11.7. The number of anilines is 1. The summed E-state index contributed by atoms with van der Waals surface area (Å²) in [4.78, 5) is 6.68. The van der Waals surface area contributed by atoms with Crippen LogP contribution in [-0.2, 0) is 0 Å². The third-order valence-electron chi connectivity index (χ3n) is 1.33. The number of nitrogens with zero attached hydrogens (tertiary/aromatic N) is 4. The highest BCUT2D eigenvalue weighted by atomic mass is 35.5. The van der Waals surface area contributed by atoms with Gasteiger partial charge in [0.1, 0.15) is 0 Å². The van der Waals surface area contributed by atoms with Gasteiger partial charge in [-0.15, -0.1) is 5.10 Å². The summed E-state index contributed by atoms with van der Waals surface area (Å²) in [5, 5.41) is 8.30. The zero-order valence-electron chi connectivity index (χ0n) is 8.31. The summed E-state index contributed by atoms with van der Waals surface area (Å²) in [6.07, 6.45) is 1.46. The second kappa shape index (κ2) is 4.94. The second-order valence-corrected chi connectivity index (χ2v) is 4.18. The highest BCUT2D eigenvalue weighted by Gasteiger charge is 2.08. The van der Waals surface area contributed by atoms with Crippen LogP contribution in [0.25, 0.3) is 0 Å². The standard InChI is InChI=1S/C7H11ClN6S/c1-14(2)7-12-5(8)4(15-7)3-11-13-6(9)10/h3H,1-2H3,(H4,9,10,13). The Balaban J connectivity index is 2.86. The van der Waals surface area contributed by atoms with Crippen LogP contribution in [0.4, 0.5) is 5.13 Å². The van der Waals surface area contributed by atoms with Gasteiger partial charge in [0.2, 0.25) is 5.96 Å². The molecule has 0 unspecified atom stereocenters. The molecule has 15 heavy (non-hydrogen) atoms. The van der Waals surface area contributed by atoms with Crippen LogP contribution in [-0.4, -0.2) is 31.3 Å². The summed E-state index contributed by atoms with van der Waals surface area (Å²) >= 11 is 7.28. The lowest BCUT2D eigenvalue weighted by Gasteiger charge is -2.04. The van der Waals surface area contributed by atoms with E-state index in [0.717, 1.165) is 5.13 Å². The quantitative estimate of drug-likeness (QED) is 0.461. The molecule has 1 aromatic rings. The summed E-state index contributed by atoms with van der Waals surface area (Å²) < 4.78 is 0. The first-order valence-electron chi connectivity index (χ1n) is 3.96. The number of aromatic nitrogens is 1. The highest BCUT2D eigenvalue weighted by molar-refractivity contribution is 7.17. The predicted octanol–water partition coefficient (Wildman–Crippen LogP) is 0.470. The minimum atomic E-state index is -0.0975. The maximum absolute atomic E-state index is 5.87. The maximum atomic E-state index is 5.87. The normalized spacial score (nSPS) is 10.6. The molecule has 0 aromatic carbocycles. The third kappa shape index (κ3) is 3.37. The molecule has 0 aliphatic heterocycles. The molecule has 4 N–H and O–H groups in total. The monoisotopic (exact) mass is 246 g/mol. The molecule has 1 heterocycles. The SMILES string of the molecule is CN(C)c1nc(Cl)c(C=NN=C(N)N)s1. The van der Waals surface area contributed by atoms with E-state index in [0.29, 0.717) is 10.0 Å². The van der Waals surface area contributed by atoms with Gasteiger partial charge in [-0.2, -0.15) is 5.10 Å². The molecule has 0 radical (unpaired) electrons. The molecule has 0 spiro atoms. The largest absolute Gasteiger partial charge is 0.369 e. The van der Waals surface area contributed by atoms with E-state index < -0.39 is 0 Å². The summed E-state index contributed by atoms with van der Waals surface area (Å²) in [5.41, 5.74) is 10.2. The van der Waals surface area contributed by atoms with E-state index in [1.165, 1.54) is 17.6 Å². The van der Waals surface area contributed by atoms with Crippen LogP contribution >= 0.6 is 22.9 Å². The number of thiazole rings is 1. The van der Waals surface area contributed by atoms with E-state index in [2.05, 4.69) is 15.2 Å². The lowest BCUT2D eigenvalue weighted by Crippen LogP contribution is -2.21. The van der Waals surface area contributed by atoms with Gasteiger partial charge in [0, 0.05) is 14.1 Å². The number of nitrogens with two attached hydrogens (primary N) is 2. The predicted molar refractivity (Wildman–Crippen MR) is 64.9 cm³/mol. The molecule has 82 valence electrons. The third-order valence-corrected chi connectivity index (χ3v) is 2.89. The van der Waals surface area contributed by atoms with Crippen molar-refractivity contribution in [3.05, 3.63) is 10.0 Å². The molecule has 0 saturated carbocycles. The molecular weight excluding hydrogens is 236 g/mol. The van der Waals surface area contributed by atoms with Crippen LogP contribution in [0, 0.1) is 0 Å². The molecule has 0 atom stereocenters. The molecule has 0 fully saturated rings. The van der Waals surface area contributed by atoms with E-state index in [1.807, 2.05) is 19.0 Å². The van der Waals surface area contributed by atoms with Gasteiger partial charge in [-0.1, -0.05) is 22.9 Å². The lowest BCUT2D eigenvalue weighted by atomic mass is 10.6. The molecule has 6 nitrogen and oxygen atoms in total. The number of hydrogen-bond donors (Lipinski definition) is 2. The van der Waals surface area contributed by atoms with Crippen LogP contribution < -0.4 is 16.4 Å². The van der Waals surface area contributed by atoms with Crippen LogP contribution in [0.15, 0.2) is 10.2 Å². The topological polar surface area (TPSA) is 92.9 Å². The second-order valence-electron chi connectivity index (χ2n) is 2.82. The van der Waals surface area contributed by atoms with Crippen LogP contribution in [0.3, 0.4) is 0 Å². The number of hydrogen-bond acceptors (Lipinski definition) is 5. The van der Waals surface area contributed by atoms with Gasteiger partial charge in [-0.25, -0.2) is 4.98 Å². The van der Waals surface area contributed by atoms with E-state index in [4.69, 9.17) is 23.1 Å². The van der Waals surface area contributed by atoms with Gasteiger partial charge in [0.05, 0.1) is 11.1 Å². The molecule has 0 aliphatic rings. The van der Waals surface area contributed by atoms with Crippen molar-refractivity contribution in [3.63, 3.8) is 0 Å². The van der Waals surface area contributed by atoms with Gasteiger partial charge < -0.3 is 16.4 Å². The van der Waals surface area contributed by atoms with Crippen molar-refractivity contribution in [1.82, 2.24) is 4.98 Å². The van der Waals surface area contributed by atoms with Crippen molar-refractivity contribution in [1.29, 1.82) is 0 Å². The van der Waals surface area contributed by atoms with E-state index >= 15 is 0 Å². The van der Waals surface area contributed by atoms with Gasteiger partial charge in [0.25, 0.3) is 0 Å². The number of halogens is 1. The molecule has 0 aliphatic carbocycles. The van der Waals surface area contributed by atoms with Gasteiger partial charge in [-0.05, 0) is 0 Å². The van der Waals surface area contributed by atoms with Crippen LogP contribution in [0.1, 0.15) is 4.88 Å². The van der Waals surface area contributed by atoms with Crippen molar-refractivity contribution in [2.24, 2.45) is 21.7 Å². The van der Waals surface area contributed by atoms with E-state index in [1.54, 1.807) is 0 Å². The Hall–Kier alpha value is -1.34. The zero-order chi connectivity index (χ0) is 11.4. The Kier molecular flexibility index (Phi) is 3.87. The van der Waals surface area contributed by atoms with E-state index in [9.17, 15) is 0 Å². The summed E-state index contributed by atoms with van der Waals surface area (Å²) in [6.45, 7) is 0. The fraction of sp³-hybridized carbons (Fsp3) is 0.286. The van der Waals surface area contributed by atoms with Crippen molar-refractivity contribution in [2.75, 3.05) is 19.0 Å². The van der Waals surface area contributed by atoms with Crippen molar-refractivity contribution >= 4 is 40.2 Å². The average Bonchev–Trinajstić information content (AvgIpc) is 2.47. The summed E-state index contributed by atoms with van der Waals surface area (Å²) in [6, 6.07) is 0. The van der Waals surface area contributed by atoms with Crippen molar-refractivity contribution < 1.29 is 0 Å².